The van der Waals surface area contributed by atoms with Gasteiger partial charge in [0.15, 0.2) is 0 Å². The average molecular weight is 584 g/mol. The lowest BCUT2D eigenvalue weighted by Crippen LogP contribution is -2.58. The number of carboxylic acids is 2. The van der Waals surface area contributed by atoms with Gasteiger partial charge in [0, 0.05) is 48.3 Å². The van der Waals surface area contributed by atoms with Crippen molar-refractivity contribution in [3.8, 4) is 0 Å². The van der Waals surface area contributed by atoms with E-state index >= 15 is 0 Å². The second kappa shape index (κ2) is 14.8. The Hall–Kier alpha value is -4.72. The summed E-state index contributed by atoms with van der Waals surface area (Å²) < 4.78 is 0. The number of aliphatic carboxylic acids is 2. The zero-order chi connectivity index (χ0) is 30.8. The lowest BCUT2D eigenvalue weighted by Gasteiger charge is -2.26. The molecule has 42 heavy (non-hydrogen) atoms. The molecule has 0 spiro atoms. The lowest BCUT2D eigenvalue weighted by molar-refractivity contribution is -0.144. The fraction of sp³-hybridized carbons (Fsp3) is 0.429. The Morgan fingerprint density at radius 1 is 0.952 bits per heavy atom. The average Bonchev–Trinajstić information content (AvgIpc) is 3.63. The number of amides is 3. The highest BCUT2D eigenvalue weighted by atomic mass is 16.4. The van der Waals surface area contributed by atoms with E-state index in [2.05, 4.69) is 30.9 Å². The maximum absolute atomic E-state index is 13.6. The quantitative estimate of drug-likeness (QED) is 0.117. The predicted molar refractivity (Wildman–Crippen MR) is 152 cm³/mol. The summed E-state index contributed by atoms with van der Waals surface area (Å²) in [5.41, 5.74) is 7.90. The van der Waals surface area contributed by atoms with Crippen LogP contribution >= 0.6 is 0 Å². The third-order valence-electron chi connectivity index (χ3n) is 7.13. The molecule has 0 radical (unpaired) electrons. The van der Waals surface area contributed by atoms with Gasteiger partial charge in [0.05, 0.1) is 12.4 Å². The molecule has 0 saturated heterocycles. The molecule has 0 saturated carbocycles. The normalized spacial score (nSPS) is 14.7. The fourth-order valence-corrected chi connectivity index (χ4v) is 4.45. The Labute approximate surface area is 241 Å². The van der Waals surface area contributed by atoms with E-state index in [-0.39, 0.29) is 31.6 Å². The number of carbonyl (C=O) groups excluding carboxylic acids is 3. The van der Waals surface area contributed by atoms with Gasteiger partial charge in [0.2, 0.25) is 17.7 Å². The zero-order valence-electron chi connectivity index (χ0n) is 23.4. The van der Waals surface area contributed by atoms with E-state index < -0.39 is 53.8 Å². The molecule has 0 aliphatic heterocycles. The van der Waals surface area contributed by atoms with Crippen LogP contribution in [0.15, 0.2) is 43.0 Å². The maximum atomic E-state index is 13.6. The number of carbonyl (C=O) groups is 5. The third-order valence-corrected chi connectivity index (χ3v) is 7.13. The number of aromatic nitrogens is 3. The molecule has 0 aliphatic rings. The summed E-state index contributed by atoms with van der Waals surface area (Å²) in [5, 5.41) is 27.3. The standard InChI is InChI=1S/C28H37N7O7/c1-3-15(2)24(28(41)42)35-27(40)21(10-16-12-31-20-7-5-4-6-18(16)20)34-26(39)22(11-17-13-30-14-32-17)33-25(38)19(29)8-9-23(36)37/h4-7,12-15,19,21-22,24,31H,3,8-11,29H2,1-2H3,(H,30,32)(H,33,38)(H,34,39)(H,35,40)(H,36,37)(H,41,42). The first-order valence-electron chi connectivity index (χ1n) is 13.6. The summed E-state index contributed by atoms with van der Waals surface area (Å²) in [6.45, 7) is 3.51. The fourth-order valence-electron chi connectivity index (χ4n) is 4.45. The van der Waals surface area contributed by atoms with Crippen molar-refractivity contribution in [2.45, 2.75) is 70.1 Å². The SMILES string of the molecule is CCC(C)C(NC(=O)C(Cc1c[nH]c2ccccc12)NC(=O)C(Cc1cnc[nH]1)NC(=O)C(N)CCC(=O)O)C(=O)O. The van der Waals surface area contributed by atoms with Crippen LogP contribution in [0.4, 0.5) is 0 Å². The van der Waals surface area contributed by atoms with Crippen LogP contribution in [0, 0.1) is 5.92 Å². The van der Waals surface area contributed by atoms with Crippen LogP contribution < -0.4 is 21.7 Å². The first-order chi connectivity index (χ1) is 20.0. The van der Waals surface area contributed by atoms with Crippen LogP contribution in [0.5, 0.6) is 0 Å². The van der Waals surface area contributed by atoms with Gasteiger partial charge in [-0.05, 0) is 24.0 Å². The zero-order valence-corrected chi connectivity index (χ0v) is 23.4. The van der Waals surface area contributed by atoms with Gasteiger partial charge in [-0.25, -0.2) is 9.78 Å². The molecule has 226 valence electrons. The summed E-state index contributed by atoms with van der Waals surface area (Å²) in [5.74, 6) is -4.86. The smallest absolute Gasteiger partial charge is 0.326 e. The molecule has 2 aromatic heterocycles. The number of nitrogens with one attached hydrogen (secondary N) is 5. The Bertz CT molecular complexity index is 1390. The number of benzene rings is 1. The van der Waals surface area contributed by atoms with Crippen molar-refractivity contribution in [2.75, 3.05) is 0 Å². The van der Waals surface area contributed by atoms with Crippen molar-refractivity contribution < 1.29 is 34.2 Å². The number of H-pyrrole nitrogens is 2. The van der Waals surface area contributed by atoms with Crippen LogP contribution in [0.3, 0.4) is 0 Å². The number of fused-ring (bicyclic) bond motifs is 1. The first kappa shape index (κ1) is 31.8. The summed E-state index contributed by atoms with van der Waals surface area (Å²) in [4.78, 5) is 72.6. The van der Waals surface area contributed by atoms with Crippen LogP contribution in [-0.4, -0.2) is 79.0 Å². The molecular formula is C28H37N7O7. The van der Waals surface area contributed by atoms with Crippen molar-refractivity contribution in [1.82, 2.24) is 30.9 Å². The van der Waals surface area contributed by atoms with Gasteiger partial charge in [-0.3, -0.25) is 19.2 Å². The van der Waals surface area contributed by atoms with Crippen LogP contribution in [0.25, 0.3) is 10.9 Å². The first-order valence-corrected chi connectivity index (χ1v) is 13.6. The molecule has 0 fully saturated rings. The molecule has 0 aliphatic carbocycles. The molecule has 9 N–H and O–H groups in total. The molecule has 5 unspecified atom stereocenters. The van der Waals surface area contributed by atoms with Crippen molar-refractivity contribution in [3.63, 3.8) is 0 Å². The Kier molecular flexibility index (Phi) is 11.2. The number of nitrogens with two attached hydrogens (primary N) is 1. The minimum Gasteiger partial charge on any atom is -0.481 e. The van der Waals surface area contributed by atoms with E-state index in [0.29, 0.717) is 17.7 Å². The molecule has 0 bridgehead atoms. The van der Waals surface area contributed by atoms with E-state index in [4.69, 9.17) is 10.8 Å². The number of hydrogen-bond acceptors (Lipinski definition) is 7. The number of para-hydroxylation sites is 1. The highest BCUT2D eigenvalue weighted by Crippen LogP contribution is 2.20. The third kappa shape index (κ3) is 8.64. The van der Waals surface area contributed by atoms with E-state index in [0.717, 1.165) is 10.9 Å². The number of imidazole rings is 1. The van der Waals surface area contributed by atoms with Gasteiger partial charge >= 0.3 is 11.9 Å². The Morgan fingerprint density at radius 2 is 1.62 bits per heavy atom. The molecule has 2 heterocycles. The molecule has 3 aromatic rings. The summed E-state index contributed by atoms with van der Waals surface area (Å²) in [7, 11) is 0. The summed E-state index contributed by atoms with van der Waals surface area (Å²) in [6, 6.07) is 2.62. The van der Waals surface area contributed by atoms with E-state index in [1.165, 1.54) is 12.5 Å². The van der Waals surface area contributed by atoms with Gasteiger partial charge in [-0.15, -0.1) is 0 Å². The predicted octanol–water partition coefficient (Wildman–Crippen LogP) is 0.453. The maximum Gasteiger partial charge on any atom is 0.326 e. The largest absolute Gasteiger partial charge is 0.481 e. The minimum absolute atomic E-state index is 0.0251. The Morgan fingerprint density at radius 3 is 2.26 bits per heavy atom. The monoisotopic (exact) mass is 583 g/mol. The molecule has 1 aromatic carbocycles. The highest BCUT2D eigenvalue weighted by molar-refractivity contribution is 5.95. The van der Waals surface area contributed by atoms with Gasteiger partial charge in [0.1, 0.15) is 18.1 Å². The van der Waals surface area contributed by atoms with Crippen molar-refractivity contribution in [3.05, 3.63) is 54.2 Å². The second-order valence-electron chi connectivity index (χ2n) is 10.2. The number of carboxylic acid groups (broad SMARTS) is 2. The highest BCUT2D eigenvalue weighted by Gasteiger charge is 2.33. The van der Waals surface area contributed by atoms with Gasteiger partial charge in [-0.1, -0.05) is 38.5 Å². The molecule has 3 rings (SSSR count). The number of nitrogens with zero attached hydrogens (tertiary/aromatic N) is 1. The van der Waals surface area contributed by atoms with E-state index in [1.54, 1.807) is 13.1 Å². The topological polar surface area (TPSA) is 232 Å². The van der Waals surface area contributed by atoms with Gasteiger partial charge < -0.3 is 41.9 Å². The van der Waals surface area contributed by atoms with E-state index in [1.807, 2.05) is 31.2 Å². The van der Waals surface area contributed by atoms with Crippen molar-refractivity contribution in [1.29, 1.82) is 0 Å². The molecular weight excluding hydrogens is 546 g/mol. The molecule has 14 heteroatoms. The van der Waals surface area contributed by atoms with Crippen molar-refractivity contribution in [2.24, 2.45) is 11.7 Å². The van der Waals surface area contributed by atoms with Gasteiger partial charge in [0.25, 0.3) is 0 Å². The van der Waals surface area contributed by atoms with Crippen LogP contribution in [-0.2, 0) is 36.8 Å². The molecule has 5 atom stereocenters. The summed E-state index contributed by atoms with van der Waals surface area (Å²) in [6.07, 6.45) is 4.60. The summed E-state index contributed by atoms with van der Waals surface area (Å²) >= 11 is 0. The number of rotatable bonds is 16. The number of hydrogen-bond donors (Lipinski definition) is 8. The lowest BCUT2D eigenvalue weighted by atomic mass is 9.97. The van der Waals surface area contributed by atoms with Crippen molar-refractivity contribution >= 4 is 40.6 Å². The Balaban J connectivity index is 1.87. The second-order valence-corrected chi connectivity index (χ2v) is 10.2. The molecule has 14 nitrogen and oxygen atoms in total. The van der Waals surface area contributed by atoms with Gasteiger partial charge in [-0.2, -0.15) is 0 Å². The van der Waals surface area contributed by atoms with Crippen LogP contribution in [0.2, 0.25) is 0 Å². The minimum atomic E-state index is -1.21. The molecule has 3 amide bonds. The van der Waals surface area contributed by atoms with E-state index in [9.17, 15) is 29.1 Å². The number of aromatic amines is 2. The van der Waals surface area contributed by atoms with Crippen LogP contribution in [0.1, 0.15) is 44.4 Å².